The number of aromatic amines is 1. The first-order valence-corrected chi connectivity index (χ1v) is 5.58. The van der Waals surface area contributed by atoms with Gasteiger partial charge in [-0.2, -0.15) is 0 Å². The second-order valence-electron chi connectivity index (χ2n) is 4.18. The summed E-state index contributed by atoms with van der Waals surface area (Å²) in [5.41, 5.74) is 1.86. The molecular weight excluding hydrogens is 232 g/mol. The number of nitrogens with one attached hydrogen (secondary N) is 1. The fourth-order valence-electron chi connectivity index (χ4n) is 1.87. The second-order valence-corrected chi connectivity index (χ2v) is 4.18. The van der Waals surface area contributed by atoms with Crippen molar-refractivity contribution in [3.05, 3.63) is 36.0 Å². The van der Waals surface area contributed by atoms with E-state index in [1.54, 1.807) is 6.20 Å². The van der Waals surface area contributed by atoms with Crippen LogP contribution in [-0.4, -0.2) is 40.5 Å². The first-order valence-electron chi connectivity index (χ1n) is 5.58. The number of rotatable bonds is 4. The maximum Gasteiger partial charge on any atom is 0.323 e. The normalized spacial score (nSPS) is 10.5. The van der Waals surface area contributed by atoms with Gasteiger partial charge in [0.05, 0.1) is 6.42 Å². The van der Waals surface area contributed by atoms with Gasteiger partial charge in [-0.25, -0.2) is 0 Å². The molecule has 1 heterocycles. The third kappa shape index (κ3) is 2.51. The molecule has 0 saturated carbocycles. The summed E-state index contributed by atoms with van der Waals surface area (Å²) in [4.78, 5) is 26.7. The summed E-state index contributed by atoms with van der Waals surface area (Å²) in [5, 5.41) is 9.63. The van der Waals surface area contributed by atoms with Gasteiger partial charge < -0.3 is 15.0 Å². The average Bonchev–Trinajstić information content (AvgIpc) is 2.72. The predicted molar refractivity (Wildman–Crippen MR) is 67.3 cm³/mol. The Labute approximate surface area is 104 Å². The lowest BCUT2D eigenvalue weighted by atomic mass is 10.1. The van der Waals surface area contributed by atoms with Crippen molar-refractivity contribution in [1.82, 2.24) is 9.88 Å². The third-order valence-electron chi connectivity index (χ3n) is 2.81. The number of para-hydroxylation sites is 1. The number of hydrogen-bond donors (Lipinski definition) is 2. The van der Waals surface area contributed by atoms with Crippen molar-refractivity contribution in [3.8, 4) is 0 Å². The highest BCUT2D eigenvalue weighted by molar-refractivity contribution is 5.89. The van der Waals surface area contributed by atoms with E-state index in [1.807, 2.05) is 24.3 Å². The molecule has 94 valence electrons. The first-order chi connectivity index (χ1) is 8.58. The van der Waals surface area contributed by atoms with E-state index in [1.165, 1.54) is 11.9 Å². The fourth-order valence-corrected chi connectivity index (χ4v) is 1.87. The zero-order valence-corrected chi connectivity index (χ0v) is 10.0. The smallest absolute Gasteiger partial charge is 0.323 e. The van der Waals surface area contributed by atoms with Gasteiger partial charge in [-0.3, -0.25) is 9.59 Å². The molecule has 0 atom stereocenters. The van der Waals surface area contributed by atoms with E-state index in [4.69, 9.17) is 5.11 Å². The lowest BCUT2D eigenvalue weighted by Gasteiger charge is -2.13. The largest absolute Gasteiger partial charge is 0.480 e. The minimum Gasteiger partial charge on any atom is -0.480 e. The Morgan fingerprint density at radius 2 is 2.06 bits per heavy atom. The van der Waals surface area contributed by atoms with Gasteiger partial charge in [0.1, 0.15) is 6.54 Å². The van der Waals surface area contributed by atoms with Crippen LogP contribution >= 0.6 is 0 Å². The number of benzene rings is 1. The molecule has 0 aliphatic rings. The number of fused-ring (bicyclic) bond motifs is 1. The van der Waals surface area contributed by atoms with Crippen molar-refractivity contribution in [2.45, 2.75) is 6.42 Å². The van der Waals surface area contributed by atoms with Crippen LogP contribution in [0.5, 0.6) is 0 Å². The van der Waals surface area contributed by atoms with Crippen LogP contribution < -0.4 is 0 Å². The molecule has 18 heavy (non-hydrogen) atoms. The molecule has 1 aromatic heterocycles. The molecule has 1 amide bonds. The molecule has 5 heteroatoms. The summed E-state index contributed by atoms with van der Waals surface area (Å²) in [6, 6.07) is 7.70. The van der Waals surface area contributed by atoms with Gasteiger partial charge >= 0.3 is 5.97 Å². The number of carbonyl (C=O) groups excluding carboxylic acids is 1. The number of aromatic nitrogens is 1. The molecule has 0 bridgehead atoms. The van der Waals surface area contributed by atoms with Crippen LogP contribution in [0, 0.1) is 0 Å². The van der Waals surface area contributed by atoms with E-state index in [9.17, 15) is 9.59 Å². The summed E-state index contributed by atoms with van der Waals surface area (Å²) in [5.74, 6) is -1.22. The molecule has 0 fully saturated rings. The molecule has 0 saturated heterocycles. The van der Waals surface area contributed by atoms with Crippen LogP contribution in [0.15, 0.2) is 30.5 Å². The van der Waals surface area contributed by atoms with Gasteiger partial charge in [0.25, 0.3) is 0 Å². The zero-order chi connectivity index (χ0) is 13.1. The van der Waals surface area contributed by atoms with Crippen LogP contribution in [0.3, 0.4) is 0 Å². The number of aliphatic carboxylic acids is 1. The van der Waals surface area contributed by atoms with Crippen molar-refractivity contribution in [2.24, 2.45) is 0 Å². The lowest BCUT2D eigenvalue weighted by molar-refractivity contribution is -0.143. The Kier molecular flexibility index (Phi) is 3.32. The molecule has 5 nitrogen and oxygen atoms in total. The van der Waals surface area contributed by atoms with Crippen molar-refractivity contribution in [3.63, 3.8) is 0 Å². The minimum absolute atomic E-state index is 0.202. The molecule has 0 aliphatic heterocycles. The predicted octanol–water partition coefficient (Wildman–Crippen LogP) is 1.25. The highest BCUT2D eigenvalue weighted by Crippen LogP contribution is 2.18. The molecule has 0 aliphatic carbocycles. The fraction of sp³-hybridized carbons (Fsp3) is 0.231. The third-order valence-corrected chi connectivity index (χ3v) is 2.81. The van der Waals surface area contributed by atoms with Crippen molar-refractivity contribution in [1.29, 1.82) is 0 Å². The lowest BCUT2D eigenvalue weighted by Crippen LogP contribution is -2.32. The van der Waals surface area contributed by atoms with Crippen molar-refractivity contribution in [2.75, 3.05) is 13.6 Å². The number of amides is 1. The summed E-state index contributed by atoms with van der Waals surface area (Å²) < 4.78 is 0. The maximum absolute atomic E-state index is 11.8. The number of nitrogens with zero attached hydrogens (tertiary/aromatic N) is 1. The first kappa shape index (κ1) is 12.2. The molecule has 0 spiro atoms. The summed E-state index contributed by atoms with van der Waals surface area (Å²) in [7, 11) is 1.49. The Morgan fingerprint density at radius 3 is 2.78 bits per heavy atom. The zero-order valence-electron chi connectivity index (χ0n) is 10.0. The number of carboxylic acid groups (broad SMARTS) is 1. The minimum atomic E-state index is -1.01. The van der Waals surface area contributed by atoms with E-state index in [2.05, 4.69) is 4.98 Å². The van der Waals surface area contributed by atoms with Gasteiger partial charge in [0.2, 0.25) is 5.91 Å². The highest BCUT2D eigenvalue weighted by Gasteiger charge is 2.14. The monoisotopic (exact) mass is 246 g/mol. The molecular formula is C13H14N2O3. The molecule has 2 N–H and O–H groups in total. The van der Waals surface area contributed by atoms with Crippen molar-refractivity contribution < 1.29 is 14.7 Å². The second kappa shape index (κ2) is 4.91. The Morgan fingerprint density at radius 1 is 1.33 bits per heavy atom. The standard InChI is InChI=1S/C13H14N2O3/c1-15(8-13(17)18)12(16)6-9-7-14-11-5-3-2-4-10(9)11/h2-5,7,14H,6,8H2,1H3,(H,17,18). The SMILES string of the molecule is CN(CC(=O)O)C(=O)Cc1c[nH]c2ccccc12. The van der Waals surface area contributed by atoms with Gasteiger partial charge in [0, 0.05) is 24.1 Å². The number of H-pyrrole nitrogens is 1. The van der Waals surface area contributed by atoms with Gasteiger partial charge in [-0.15, -0.1) is 0 Å². The highest BCUT2D eigenvalue weighted by atomic mass is 16.4. The van der Waals surface area contributed by atoms with Gasteiger partial charge in [-0.05, 0) is 11.6 Å². The Balaban J connectivity index is 2.14. The van der Waals surface area contributed by atoms with E-state index in [-0.39, 0.29) is 18.9 Å². The number of carbonyl (C=O) groups is 2. The van der Waals surface area contributed by atoms with Gasteiger partial charge in [0.15, 0.2) is 0 Å². The molecule has 1 aromatic carbocycles. The number of hydrogen-bond acceptors (Lipinski definition) is 2. The molecule has 2 rings (SSSR count). The van der Waals surface area contributed by atoms with E-state index in [0.29, 0.717) is 0 Å². The quantitative estimate of drug-likeness (QED) is 0.852. The van der Waals surface area contributed by atoms with Crippen LogP contribution in [0.2, 0.25) is 0 Å². The summed E-state index contributed by atoms with van der Waals surface area (Å²) in [6.45, 7) is -0.277. The van der Waals surface area contributed by atoms with Crippen LogP contribution in [0.1, 0.15) is 5.56 Å². The maximum atomic E-state index is 11.8. The Bertz CT molecular complexity index is 589. The number of carboxylic acids is 1. The topological polar surface area (TPSA) is 73.4 Å². The van der Waals surface area contributed by atoms with E-state index in [0.717, 1.165) is 16.5 Å². The van der Waals surface area contributed by atoms with Crippen LogP contribution in [-0.2, 0) is 16.0 Å². The molecule has 0 unspecified atom stereocenters. The molecule has 2 aromatic rings. The average molecular weight is 246 g/mol. The number of likely N-dealkylation sites (N-methyl/N-ethyl adjacent to an activating group) is 1. The van der Waals surface area contributed by atoms with E-state index < -0.39 is 5.97 Å². The van der Waals surface area contributed by atoms with Crippen LogP contribution in [0.4, 0.5) is 0 Å². The Hall–Kier alpha value is -2.30. The summed E-state index contributed by atoms with van der Waals surface area (Å²) >= 11 is 0. The van der Waals surface area contributed by atoms with Crippen molar-refractivity contribution >= 4 is 22.8 Å². The summed E-state index contributed by atoms with van der Waals surface area (Å²) in [6.07, 6.45) is 1.99. The molecule has 0 radical (unpaired) electrons. The van der Waals surface area contributed by atoms with Gasteiger partial charge in [-0.1, -0.05) is 18.2 Å². The van der Waals surface area contributed by atoms with E-state index >= 15 is 0 Å². The van der Waals surface area contributed by atoms with Crippen LogP contribution in [0.25, 0.3) is 10.9 Å².